The molecular formula is C27H34F2N7O4+. The van der Waals surface area contributed by atoms with E-state index in [1.165, 1.54) is 25.3 Å². The third-order valence-electron chi connectivity index (χ3n) is 8.17. The van der Waals surface area contributed by atoms with E-state index in [0.717, 1.165) is 43.4 Å². The molecule has 1 unspecified atom stereocenters. The van der Waals surface area contributed by atoms with Crippen molar-refractivity contribution in [2.45, 2.75) is 63.0 Å². The average Bonchev–Trinajstić information content (AvgIpc) is 3.62. The zero-order valence-electron chi connectivity index (χ0n) is 22.5. The number of fused-ring (bicyclic) bond motifs is 1. The molecule has 3 aliphatic rings. The van der Waals surface area contributed by atoms with Gasteiger partial charge in [-0.15, -0.1) is 0 Å². The van der Waals surface area contributed by atoms with E-state index in [1.54, 1.807) is 23.5 Å². The van der Waals surface area contributed by atoms with Crippen LogP contribution < -0.4 is 30.9 Å². The highest BCUT2D eigenvalue weighted by Gasteiger charge is 2.48. The van der Waals surface area contributed by atoms with Crippen molar-refractivity contribution in [2.75, 3.05) is 35.8 Å². The lowest BCUT2D eigenvalue weighted by molar-refractivity contribution is -0.597. The smallest absolute Gasteiger partial charge is 0.342 e. The maximum absolute atomic E-state index is 14.8. The van der Waals surface area contributed by atoms with E-state index < -0.39 is 24.3 Å². The Kier molecular flexibility index (Phi) is 7.58. The van der Waals surface area contributed by atoms with Crippen LogP contribution in [0.25, 0.3) is 0 Å². The molecule has 5 N–H and O–H groups in total. The molecule has 2 atom stereocenters. The average molecular weight is 559 g/mol. The van der Waals surface area contributed by atoms with Gasteiger partial charge in [-0.1, -0.05) is 12.8 Å². The number of methoxy groups -OCH3 is 1. The number of halogens is 2. The van der Waals surface area contributed by atoms with E-state index in [1.807, 2.05) is 0 Å². The summed E-state index contributed by atoms with van der Waals surface area (Å²) in [6, 6.07) is 4.50. The molecule has 40 heavy (non-hydrogen) atoms. The van der Waals surface area contributed by atoms with E-state index in [2.05, 4.69) is 15.3 Å². The number of hydrogen-bond donors (Lipinski definition) is 3. The first kappa shape index (κ1) is 27.7. The minimum atomic E-state index is -3.57. The van der Waals surface area contributed by atoms with Crippen molar-refractivity contribution < 1.29 is 33.2 Å². The zero-order chi connectivity index (χ0) is 28.6. The van der Waals surface area contributed by atoms with Gasteiger partial charge in [-0.2, -0.15) is 13.8 Å². The van der Waals surface area contributed by atoms with Crippen LogP contribution in [0.4, 0.5) is 31.9 Å². The lowest BCUT2D eigenvalue weighted by Crippen LogP contribution is -2.94. The molecule has 1 aliphatic heterocycles. The molecule has 2 aliphatic carbocycles. The Balaban J connectivity index is 1.40. The first-order valence-corrected chi connectivity index (χ1v) is 13.5. The minimum Gasteiger partial charge on any atom is -0.495 e. The number of ether oxygens (including phenoxy) is 1. The summed E-state index contributed by atoms with van der Waals surface area (Å²) in [7, 11) is 2.76. The monoisotopic (exact) mass is 558 g/mol. The highest BCUT2D eigenvalue weighted by Crippen LogP contribution is 2.40. The maximum Gasteiger partial charge on any atom is 0.342 e. The van der Waals surface area contributed by atoms with Crippen LogP contribution in [0.5, 0.6) is 5.75 Å². The minimum absolute atomic E-state index is 0.131. The summed E-state index contributed by atoms with van der Waals surface area (Å²) in [4.78, 5) is 48.5. The largest absolute Gasteiger partial charge is 0.495 e. The SMILES string of the molecule is COc1cc(C(=O)[NH2+]C2CCC[C@H]2C(N)=O)ccc1Nc1ncc2c(n1)N(C1CCCC1)CC(F)(F)C(=O)N2C. The van der Waals surface area contributed by atoms with Crippen molar-refractivity contribution in [2.24, 2.45) is 11.7 Å². The van der Waals surface area contributed by atoms with Crippen LogP contribution in [0, 0.1) is 5.92 Å². The molecule has 11 nitrogen and oxygen atoms in total. The quantitative estimate of drug-likeness (QED) is 0.467. The fourth-order valence-corrected chi connectivity index (χ4v) is 6.00. The summed E-state index contributed by atoms with van der Waals surface area (Å²) in [6.45, 7) is -0.751. The number of alkyl halides is 2. The van der Waals surface area contributed by atoms with E-state index >= 15 is 0 Å². The molecule has 13 heteroatoms. The van der Waals surface area contributed by atoms with Gasteiger partial charge in [0.1, 0.15) is 17.5 Å². The Morgan fingerprint density at radius 1 is 1.18 bits per heavy atom. The molecule has 2 saturated carbocycles. The normalized spacial score (nSPS) is 22.6. The van der Waals surface area contributed by atoms with Crippen LogP contribution in [0.3, 0.4) is 0 Å². The van der Waals surface area contributed by atoms with Crippen LogP contribution in [0.2, 0.25) is 0 Å². The number of anilines is 4. The highest BCUT2D eigenvalue weighted by atomic mass is 19.3. The summed E-state index contributed by atoms with van der Waals surface area (Å²) in [5.41, 5.74) is 6.55. The second-order valence-corrected chi connectivity index (χ2v) is 10.7. The number of nitrogens with zero attached hydrogens (tertiary/aromatic N) is 4. The molecule has 5 rings (SSSR count). The number of amides is 3. The van der Waals surface area contributed by atoms with Gasteiger partial charge in [0.05, 0.1) is 37.0 Å². The second-order valence-electron chi connectivity index (χ2n) is 10.7. The zero-order valence-corrected chi connectivity index (χ0v) is 22.5. The van der Waals surface area contributed by atoms with Crippen LogP contribution >= 0.6 is 0 Å². The molecule has 0 radical (unpaired) electrons. The number of primary amides is 2. The lowest BCUT2D eigenvalue weighted by atomic mass is 10.0. The van der Waals surface area contributed by atoms with E-state index in [-0.39, 0.29) is 41.4 Å². The molecule has 2 fully saturated rings. The van der Waals surface area contributed by atoms with Gasteiger partial charge in [0.15, 0.2) is 5.82 Å². The molecule has 1 aromatic carbocycles. The van der Waals surface area contributed by atoms with Crippen molar-refractivity contribution in [1.29, 1.82) is 0 Å². The van der Waals surface area contributed by atoms with E-state index in [0.29, 0.717) is 23.4 Å². The van der Waals surface area contributed by atoms with Gasteiger partial charge in [-0.05, 0) is 43.9 Å². The molecule has 214 valence electrons. The van der Waals surface area contributed by atoms with Gasteiger partial charge in [0.25, 0.3) is 5.91 Å². The number of quaternary nitrogens is 1. The van der Waals surface area contributed by atoms with Crippen molar-refractivity contribution in [1.82, 2.24) is 9.97 Å². The van der Waals surface area contributed by atoms with Gasteiger partial charge in [0, 0.05) is 19.5 Å². The Labute approximate surface area is 230 Å². The third-order valence-corrected chi connectivity index (χ3v) is 8.17. The topological polar surface area (TPSA) is 147 Å². The van der Waals surface area contributed by atoms with Crippen LogP contribution in [-0.2, 0) is 9.59 Å². The first-order valence-electron chi connectivity index (χ1n) is 13.5. The number of carbonyl (C=O) groups excluding carboxylic acids is 3. The predicted molar refractivity (Wildman–Crippen MR) is 143 cm³/mol. The molecule has 1 aromatic heterocycles. The molecule has 3 amide bonds. The Morgan fingerprint density at radius 3 is 2.62 bits per heavy atom. The van der Waals surface area contributed by atoms with Gasteiger partial charge in [-0.3, -0.25) is 14.9 Å². The van der Waals surface area contributed by atoms with E-state index in [9.17, 15) is 23.2 Å². The van der Waals surface area contributed by atoms with Gasteiger partial charge < -0.3 is 25.6 Å². The summed E-state index contributed by atoms with van der Waals surface area (Å²) >= 11 is 0. The predicted octanol–water partition coefficient (Wildman–Crippen LogP) is 1.95. The lowest BCUT2D eigenvalue weighted by Gasteiger charge is -2.31. The van der Waals surface area contributed by atoms with Gasteiger partial charge >= 0.3 is 11.8 Å². The highest BCUT2D eigenvalue weighted by molar-refractivity contribution is 6.02. The number of benzene rings is 1. The molecular weight excluding hydrogens is 524 g/mol. The summed E-state index contributed by atoms with van der Waals surface area (Å²) in [5, 5.41) is 4.63. The summed E-state index contributed by atoms with van der Waals surface area (Å²) in [5.74, 6) is -5.08. The maximum atomic E-state index is 14.8. The fraction of sp³-hybridized carbons (Fsp3) is 0.519. The Bertz CT molecular complexity index is 1320. The number of nitrogens with one attached hydrogen (secondary N) is 1. The third kappa shape index (κ3) is 5.29. The number of carbonyl (C=O) groups is 3. The molecule has 2 aromatic rings. The van der Waals surface area contributed by atoms with Crippen LogP contribution in [0.1, 0.15) is 55.3 Å². The van der Waals surface area contributed by atoms with E-state index in [4.69, 9.17) is 10.5 Å². The van der Waals surface area contributed by atoms with Gasteiger partial charge in [-0.25, -0.2) is 9.78 Å². The van der Waals surface area contributed by atoms with Crippen molar-refractivity contribution >= 4 is 40.9 Å². The number of nitrogens with two attached hydrogens (primary N) is 2. The molecule has 0 spiro atoms. The molecule has 2 heterocycles. The number of aromatic nitrogens is 2. The number of rotatable bonds is 7. The molecule has 0 saturated heterocycles. The van der Waals surface area contributed by atoms with Crippen LogP contribution in [0.15, 0.2) is 24.4 Å². The van der Waals surface area contributed by atoms with Crippen molar-refractivity contribution in [3.8, 4) is 5.75 Å². The fourth-order valence-electron chi connectivity index (χ4n) is 6.00. The second kappa shape index (κ2) is 11.0. The van der Waals surface area contributed by atoms with Crippen molar-refractivity contribution in [3.63, 3.8) is 0 Å². The molecule has 0 bridgehead atoms. The Hall–Kier alpha value is -3.87. The Morgan fingerprint density at radius 2 is 1.93 bits per heavy atom. The van der Waals surface area contributed by atoms with Crippen molar-refractivity contribution in [3.05, 3.63) is 30.0 Å². The number of hydrogen-bond acceptors (Lipinski definition) is 8. The summed E-state index contributed by atoms with van der Waals surface area (Å²) in [6.07, 6.45) is 6.93. The first-order chi connectivity index (χ1) is 19.1. The van der Waals surface area contributed by atoms with Gasteiger partial charge in [0.2, 0.25) is 11.9 Å². The standard InChI is InChI=1S/C27H33F2N7O4/c1-35-20-13-31-26(34-23(20)36(16-6-3-4-7-16)14-27(28,29)25(35)39)33-19-11-10-15(12-21(19)40-2)24(38)32-18-9-5-8-17(18)22(30)37/h10-13,16-18H,3-9,14H2,1-2H3,(H2,30,37)(H,32,38)(H,31,33,34)/p+1/t17-,18?/m1/s1. The summed E-state index contributed by atoms with van der Waals surface area (Å²) < 4.78 is 35.2. The van der Waals surface area contributed by atoms with Crippen LogP contribution in [-0.4, -0.2) is 66.4 Å².